The fraction of sp³-hybridized carbons (Fsp3) is 0.217. The monoisotopic (exact) mass is 414 g/mol. The molecule has 2 aromatic heterocycles. The van der Waals surface area contributed by atoms with Crippen molar-refractivity contribution in [1.82, 2.24) is 9.97 Å². The molecule has 3 aromatic rings. The number of methoxy groups -OCH3 is 1. The summed E-state index contributed by atoms with van der Waals surface area (Å²) in [5.74, 6) is 1.15. The van der Waals surface area contributed by atoms with Crippen LogP contribution in [0.5, 0.6) is 5.88 Å². The summed E-state index contributed by atoms with van der Waals surface area (Å²) in [6, 6.07) is 16.9. The van der Waals surface area contributed by atoms with Gasteiger partial charge in [0.05, 0.1) is 18.2 Å². The number of benzene rings is 1. The summed E-state index contributed by atoms with van der Waals surface area (Å²) in [5, 5.41) is 11.8. The summed E-state index contributed by atoms with van der Waals surface area (Å²) in [6.07, 6.45) is 3.10. The lowest BCUT2D eigenvalue weighted by molar-refractivity contribution is 0.102. The van der Waals surface area contributed by atoms with E-state index in [1.54, 1.807) is 24.4 Å². The number of nitrogens with zero attached hydrogens (tertiary/aromatic N) is 5. The number of ether oxygens (including phenoxy) is 1. The first kappa shape index (κ1) is 20.2. The van der Waals surface area contributed by atoms with E-state index in [0.29, 0.717) is 17.0 Å². The van der Waals surface area contributed by atoms with Gasteiger partial charge in [0.2, 0.25) is 5.88 Å². The van der Waals surface area contributed by atoms with Crippen LogP contribution >= 0.6 is 0 Å². The number of hydrogen-bond donors (Lipinski definition) is 1. The fourth-order valence-corrected chi connectivity index (χ4v) is 3.43. The van der Waals surface area contributed by atoms with E-state index in [1.807, 2.05) is 30.3 Å². The molecule has 1 fully saturated rings. The van der Waals surface area contributed by atoms with Crippen LogP contribution in [0.1, 0.15) is 15.9 Å². The summed E-state index contributed by atoms with van der Waals surface area (Å²) in [4.78, 5) is 25.3. The molecule has 0 atom stereocenters. The molecule has 1 aliphatic heterocycles. The third kappa shape index (κ3) is 4.73. The van der Waals surface area contributed by atoms with Gasteiger partial charge in [-0.05, 0) is 42.5 Å². The number of piperazine rings is 1. The van der Waals surface area contributed by atoms with Gasteiger partial charge in [-0.3, -0.25) is 4.79 Å². The van der Waals surface area contributed by atoms with Gasteiger partial charge >= 0.3 is 0 Å². The highest BCUT2D eigenvalue weighted by Crippen LogP contribution is 2.22. The number of carbonyl (C=O) groups excluding carboxylic acids is 1. The lowest BCUT2D eigenvalue weighted by Crippen LogP contribution is -2.46. The maximum Gasteiger partial charge on any atom is 0.257 e. The molecule has 0 unspecified atom stereocenters. The average Bonchev–Trinajstić information content (AvgIpc) is 2.85. The van der Waals surface area contributed by atoms with E-state index in [0.717, 1.165) is 43.4 Å². The SMILES string of the molecule is COc1ccc(C(=O)Nc2ccc(N3CCN(c4ccc(C#N)cn4)CC3)cc2)cn1. The molecule has 1 saturated heterocycles. The first-order chi connectivity index (χ1) is 15.2. The summed E-state index contributed by atoms with van der Waals surface area (Å²) < 4.78 is 5.01. The molecule has 1 amide bonds. The average molecular weight is 414 g/mol. The smallest absolute Gasteiger partial charge is 0.257 e. The number of amides is 1. The summed E-state index contributed by atoms with van der Waals surface area (Å²) in [7, 11) is 1.54. The highest BCUT2D eigenvalue weighted by molar-refractivity contribution is 6.04. The van der Waals surface area contributed by atoms with Crippen LogP contribution in [-0.4, -0.2) is 49.2 Å². The number of anilines is 3. The van der Waals surface area contributed by atoms with Gasteiger partial charge in [0, 0.05) is 56.0 Å². The molecule has 0 saturated carbocycles. The van der Waals surface area contributed by atoms with Gasteiger partial charge in [-0.25, -0.2) is 9.97 Å². The Morgan fingerprint density at radius 2 is 1.71 bits per heavy atom. The van der Waals surface area contributed by atoms with Crippen molar-refractivity contribution in [3.8, 4) is 11.9 Å². The minimum absolute atomic E-state index is 0.216. The largest absolute Gasteiger partial charge is 0.481 e. The highest BCUT2D eigenvalue weighted by atomic mass is 16.5. The van der Waals surface area contributed by atoms with Crippen molar-refractivity contribution in [1.29, 1.82) is 5.26 Å². The topological polar surface area (TPSA) is 94.4 Å². The minimum atomic E-state index is -0.216. The van der Waals surface area contributed by atoms with Gasteiger partial charge in [0.25, 0.3) is 5.91 Å². The molecule has 1 N–H and O–H groups in total. The second-order valence-corrected chi connectivity index (χ2v) is 7.08. The predicted molar refractivity (Wildman–Crippen MR) is 119 cm³/mol. The molecule has 156 valence electrons. The van der Waals surface area contributed by atoms with Crippen LogP contribution in [0.2, 0.25) is 0 Å². The fourth-order valence-electron chi connectivity index (χ4n) is 3.43. The molecule has 0 spiro atoms. The number of hydrogen-bond acceptors (Lipinski definition) is 7. The van der Waals surface area contributed by atoms with Crippen molar-refractivity contribution in [2.45, 2.75) is 0 Å². The standard InChI is InChI=1S/C23H22N6O2/c1-31-22-9-3-18(16-26-22)23(30)27-19-4-6-20(7-5-19)28-10-12-29(13-11-28)21-8-2-17(14-24)15-25-21/h2-9,15-16H,10-13H2,1H3,(H,27,30). The minimum Gasteiger partial charge on any atom is -0.481 e. The van der Waals surface area contributed by atoms with Crippen LogP contribution in [0.25, 0.3) is 0 Å². The number of aromatic nitrogens is 2. The third-order valence-electron chi connectivity index (χ3n) is 5.18. The van der Waals surface area contributed by atoms with Gasteiger partial charge in [0.1, 0.15) is 11.9 Å². The molecule has 3 heterocycles. The van der Waals surface area contributed by atoms with Crippen molar-refractivity contribution in [2.24, 2.45) is 0 Å². The molecule has 4 rings (SSSR count). The number of rotatable bonds is 5. The van der Waals surface area contributed by atoms with Crippen LogP contribution in [0.15, 0.2) is 60.9 Å². The van der Waals surface area contributed by atoms with Crippen LogP contribution in [0, 0.1) is 11.3 Å². The zero-order valence-corrected chi connectivity index (χ0v) is 17.2. The molecule has 0 aliphatic carbocycles. The molecule has 31 heavy (non-hydrogen) atoms. The van der Waals surface area contributed by atoms with E-state index in [1.165, 1.54) is 13.3 Å². The van der Waals surface area contributed by atoms with Gasteiger partial charge < -0.3 is 19.9 Å². The zero-order chi connectivity index (χ0) is 21.6. The Morgan fingerprint density at radius 1 is 0.968 bits per heavy atom. The summed E-state index contributed by atoms with van der Waals surface area (Å²) in [5.41, 5.74) is 2.87. The lowest BCUT2D eigenvalue weighted by Gasteiger charge is -2.36. The lowest BCUT2D eigenvalue weighted by atomic mass is 10.2. The maximum absolute atomic E-state index is 12.4. The van der Waals surface area contributed by atoms with E-state index in [4.69, 9.17) is 10.00 Å². The molecule has 1 aliphatic rings. The second kappa shape index (κ2) is 9.13. The quantitative estimate of drug-likeness (QED) is 0.686. The molecule has 0 radical (unpaired) electrons. The Kier molecular flexibility index (Phi) is 5.94. The van der Waals surface area contributed by atoms with Crippen LogP contribution in [-0.2, 0) is 0 Å². The van der Waals surface area contributed by atoms with Gasteiger partial charge in [-0.15, -0.1) is 0 Å². The predicted octanol–water partition coefficient (Wildman–Crippen LogP) is 2.94. The Labute approximate surface area is 180 Å². The van der Waals surface area contributed by atoms with E-state index >= 15 is 0 Å². The Bertz CT molecular complexity index is 1070. The van der Waals surface area contributed by atoms with Crippen LogP contribution in [0.3, 0.4) is 0 Å². The van der Waals surface area contributed by atoms with Crippen molar-refractivity contribution < 1.29 is 9.53 Å². The molecular formula is C23H22N6O2. The Hall–Kier alpha value is -4.12. The number of nitrogens with one attached hydrogen (secondary N) is 1. The second-order valence-electron chi connectivity index (χ2n) is 7.08. The van der Waals surface area contributed by atoms with E-state index in [9.17, 15) is 4.79 Å². The Morgan fingerprint density at radius 3 is 2.29 bits per heavy atom. The van der Waals surface area contributed by atoms with E-state index in [2.05, 4.69) is 31.2 Å². The number of pyridine rings is 2. The summed E-state index contributed by atoms with van der Waals surface area (Å²) in [6.45, 7) is 3.43. The van der Waals surface area contributed by atoms with Crippen LogP contribution in [0.4, 0.5) is 17.2 Å². The van der Waals surface area contributed by atoms with Crippen molar-refractivity contribution in [3.05, 3.63) is 72.1 Å². The molecule has 8 heteroatoms. The molecule has 8 nitrogen and oxygen atoms in total. The first-order valence-electron chi connectivity index (χ1n) is 9.94. The van der Waals surface area contributed by atoms with Crippen LogP contribution < -0.4 is 19.9 Å². The normalized spacial score (nSPS) is 13.4. The first-order valence-corrected chi connectivity index (χ1v) is 9.94. The number of carbonyl (C=O) groups is 1. The molecular weight excluding hydrogens is 392 g/mol. The van der Waals surface area contributed by atoms with Crippen molar-refractivity contribution >= 4 is 23.1 Å². The van der Waals surface area contributed by atoms with E-state index < -0.39 is 0 Å². The molecule has 0 bridgehead atoms. The number of nitriles is 1. The van der Waals surface area contributed by atoms with Gasteiger partial charge in [-0.1, -0.05) is 0 Å². The maximum atomic E-state index is 12.4. The zero-order valence-electron chi connectivity index (χ0n) is 17.2. The van der Waals surface area contributed by atoms with Gasteiger partial charge in [-0.2, -0.15) is 5.26 Å². The summed E-state index contributed by atoms with van der Waals surface area (Å²) >= 11 is 0. The van der Waals surface area contributed by atoms with Crippen molar-refractivity contribution in [3.63, 3.8) is 0 Å². The molecule has 1 aromatic carbocycles. The van der Waals surface area contributed by atoms with Crippen molar-refractivity contribution in [2.75, 3.05) is 48.4 Å². The van der Waals surface area contributed by atoms with Gasteiger partial charge in [0.15, 0.2) is 0 Å². The Balaban J connectivity index is 1.33. The third-order valence-corrected chi connectivity index (χ3v) is 5.18. The van der Waals surface area contributed by atoms with E-state index in [-0.39, 0.29) is 5.91 Å². The highest BCUT2D eigenvalue weighted by Gasteiger charge is 2.18.